The Morgan fingerprint density at radius 2 is 2.14 bits per heavy atom. The van der Waals surface area contributed by atoms with Gasteiger partial charge in [0, 0.05) is 31.7 Å². The third kappa shape index (κ3) is 3.45. The Balaban J connectivity index is 2.31. The van der Waals surface area contributed by atoms with Gasteiger partial charge in [0.2, 0.25) is 10.0 Å². The van der Waals surface area contributed by atoms with Crippen molar-refractivity contribution in [2.75, 3.05) is 6.54 Å². The molecule has 0 radical (unpaired) electrons. The molecule has 0 saturated carbocycles. The smallest absolute Gasteiger partial charge is 0.244 e. The predicted molar refractivity (Wildman–Crippen MR) is 82.5 cm³/mol. The van der Waals surface area contributed by atoms with Gasteiger partial charge < -0.3 is 4.57 Å². The van der Waals surface area contributed by atoms with Crippen LogP contribution in [0.4, 0.5) is 0 Å². The number of halogens is 1. The van der Waals surface area contributed by atoms with Crippen molar-refractivity contribution in [2.45, 2.75) is 24.2 Å². The molecule has 2 heterocycles. The van der Waals surface area contributed by atoms with Crippen LogP contribution >= 0.6 is 11.6 Å². The van der Waals surface area contributed by atoms with Gasteiger partial charge in [0.25, 0.3) is 0 Å². The van der Waals surface area contributed by atoms with Gasteiger partial charge in [-0.2, -0.15) is 4.31 Å². The Hall–Kier alpha value is -1.37. The van der Waals surface area contributed by atoms with Crippen LogP contribution in [0.2, 0.25) is 0 Å². The van der Waals surface area contributed by atoms with Crippen molar-refractivity contribution in [3.05, 3.63) is 48.0 Å². The van der Waals surface area contributed by atoms with E-state index < -0.39 is 10.0 Å². The number of aromatic nitrogens is 2. The first-order valence-electron chi connectivity index (χ1n) is 6.60. The number of sulfonamides is 1. The van der Waals surface area contributed by atoms with Gasteiger partial charge >= 0.3 is 0 Å². The highest BCUT2D eigenvalue weighted by atomic mass is 35.5. The molecule has 114 valence electrons. The summed E-state index contributed by atoms with van der Waals surface area (Å²) in [6, 6.07) is 7.08. The quantitative estimate of drug-likeness (QED) is 0.765. The fraction of sp³-hybridized carbons (Fsp3) is 0.357. The number of alkyl halides is 1. The second kappa shape index (κ2) is 6.60. The third-order valence-corrected chi connectivity index (χ3v) is 5.43. The lowest BCUT2D eigenvalue weighted by atomic mass is 10.3. The lowest BCUT2D eigenvalue weighted by Crippen LogP contribution is -2.30. The molecule has 0 fully saturated rings. The summed E-state index contributed by atoms with van der Waals surface area (Å²) in [5, 5.41) is 0. The molecule has 0 atom stereocenters. The molecule has 0 N–H and O–H groups in total. The maximum absolute atomic E-state index is 12.7. The van der Waals surface area contributed by atoms with Crippen molar-refractivity contribution in [1.82, 2.24) is 13.9 Å². The first kappa shape index (κ1) is 16.0. The minimum absolute atomic E-state index is 0.255. The molecule has 5 nitrogen and oxygen atoms in total. The van der Waals surface area contributed by atoms with Crippen molar-refractivity contribution in [2.24, 2.45) is 7.05 Å². The summed E-state index contributed by atoms with van der Waals surface area (Å²) in [5.74, 6) is 0.276. The molecule has 0 bridgehead atoms. The molecule has 2 aromatic heterocycles. The van der Waals surface area contributed by atoms with Crippen LogP contribution in [-0.2, 0) is 29.5 Å². The number of aryl methyl sites for hydroxylation is 1. The molecule has 0 aliphatic rings. The second-order valence-electron chi connectivity index (χ2n) is 4.66. The largest absolute Gasteiger partial charge is 0.352 e. The summed E-state index contributed by atoms with van der Waals surface area (Å²) in [4.78, 5) is 4.44. The van der Waals surface area contributed by atoms with Gasteiger partial charge in [0.1, 0.15) is 4.90 Å². The summed E-state index contributed by atoms with van der Waals surface area (Å²) < 4.78 is 28.5. The number of hydrogen-bond acceptors (Lipinski definition) is 3. The summed E-state index contributed by atoms with van der Waals surface area (Å²) in [7, 11) is -1.76. The lowest BCUT2D eigenvalue weighted by Gasteiger charge is -2.19. The molecule has 0 unspecified atom stereocenters. The van der Waals surface area contributed by atoms with Crippen LogP contribution in [-0.4, -0.2) is 28.8 Å². The van der Waals surface area contributed by atoms with Crippen LogP contribution < -0.4 is 0 Å². The maximum Gasteiger partial charge on any atom is 0.244 e. The van der Waals surface area contributed by atoms with E-state index >= 15 is 0 Å². The molecule has 2 aromatic rings. The second-order valence-corrected chi connectivity index (χ2v) is 6.87. The topological polar surface area (TPSA) is 55.2 Å². The van der Waals surface area contributed by atoms with E-state index in [1.165, 1.54) is 4.31 Å². The summed E-state index contributed by atoms with van der Waals surface area (Å²) in [6.45, 7) is 2.45. The van der Waals surface area contributed by atoms with Gasteiger partial charge in [0.05, 0.1) is 18.1 Å². The van der Waals surface area contributed by atoms with Gasteiger partial charge in [-0.25, -0.2) is 8.42 Å². The van der Waals surface area contributed by atoms with E-state index in [-0.39, 0.29) is 17.3 Å². The van der Waals surface area contributed by atoms with Crippen LogP contribution in [0, 0.1) is 0 Å². The van der Waals surface area contributed by atoms with Gasteiger partial charge in [-0.3, -0.25) is 4.98 Å². The van der Waals surface area contributed by atoms with Gasteiger partial charge in [0.15, 0.2) is 0 Å². The molecule has 0 saturated heterocycles. The molecule has 7 heteroatoms. The number of nitrogens with zero attached hydrogens (tertiary/aromatic N) is 3. The van der Waals surface area contributed by atoms with Crippen LogP contribution in [0.25, 0.3) is 0 Å². The summed E-state index contributed by atoms with van der Waals surface area (Å²) in [6.07, 6.45) is 3.25. The Morgan fingerprint density at radius 1 is 1.38 bits per heavy atom. The first-order chi connectivity index (χ1) is 9.98. The van der Waals surface area contributed by atoms with Crippen molar-refractivity contribution in [1.29, 1.82) is 0 Å². The zero-order chi connectivity index (χ0) is 15.5. The molecule has 0 spiro atoms. The molecule has 0 aromatic carbocycles. The van der Waals surface area contributed by atoms with E-state index in [0.717, 1.165) is 11.4 Å². The Morgan fingerprint density at radius 3 is 2.67 bits per heavy atom. The van der Waals surface area contributed by atoms with E-state index in [4.69, 9.17) is 11.6 Å². The minimum atomic E-state index is -3.55. The molecule has 0 aliphatic heterocycles. The van der Waals surface area contributed by atoms with Crippen LogP contribution in [0.5, 0.6) is 0 Å². The Labute approximate surface area is 130 Å². The maximum atomic E-state index is 12.7. The zero-order valence-electron chi connectivity index (χ0n) is 12.0. The van der Waals surface area contributed by atoms with Gasteiger partial charge in [-0.1, -0.05) is 13.0 Å². The lowest BCUT2D eigenvalue weighted by molar-refractivity contribution is 0.419. The Bertz CT molecular complexity index is 698. The third-order valence-electron chi connectivity index (χ3n) is 3.27. The highest BCUT2D eigenvalue weighted by Crippen LogP contribution is 2.20. The van der Waals surface area contributed by atoms with E-state index in [9.17, 15) is 8.42 Å². The molecular formula is C14H18ClN3O2S. The van der Waals surface area contributed by atoms with Crippen LogP contribution in [0.1, 0.15) is 18.3 Å². The standard InChI is InChI=1S/C14H18ClN3O2S/c1-3-18(10-12-6-4-5-7-16-12)21(19,20)14-8-13(9-15)17(2)11-14/h4-8,11H,3,9-10H2,1-2H3. The molecule has 2 rings (SSSR count). The SMILES string of the molecule is CCN(Cc1ccccn1)S(=O)(=O)c1cc(CCl)n(C)c1. The monoisotopic (exact) mass is 327 g/mol. The van der Waals surface area contributed by atoms with Gasteiger partial charge in [-0.05, 0) is 18.2 Å². The average Bonchev–Trinajstić information content (AvgIpc) is 2.87. The van der Waals surface area contributed by atoms with Gasteiger partial charge in [-0.15, -0.1) is 11.6 Å². The molecular weight excluding hydrogens is 310 g/mol. The first-order valence-corrected chi connectivity index (χ1v) is 8.57. The summed E-state index contributed by atoms with van der Waals surface area (Å²) in [5.41, 5.74) is 1.49. The highest BCUT2D eigenvalue weighted by molar-refractivity contribution is 7.89. The molecule has 0 aliphatic carbocycles. The zero-order valence-corrected chi connectivity index (χ0v) is 13.6. The normalized spacial score (nSPS) is 12.0. The van der Waals surface area contributed by atoms with Crippen LogP contribution in [0.3, 0.4) is 0 Å². The van der Waals surface area contributed by atoms with E-state index in [1.54, 1.807) is 36.1 Å². The van der Waals surface area contributed by atoms with Crippen molar-refractivity contribution >= 4 is 21.6 Å². The molecule has 0 amide bonds. The summed E-state index contributed by atoms with van der Waals surface area (Å²) >= 11 is 5.80. The van der Waals surface area contributed by atoms with Crippen molar-refractivity contribution in [3.8, 4) is 0 Å². The molecule has 21 heavy (non-hydrogen) atoms. The van der Waals surface area contributed by atoms with E-state index in [1.807, 2.05) is 19.1 Å². The van der Waals surface area contributed by atoms with Crippen LogP contribution in [0.15, 0.2) is 41.6 Å². The minimum Gasteiger partial charge on any atom is -0.352 e. The fourth-order valence-electron chi connectivity index (χ4n) is 2.04. The number of hydrogen-bond donors (Lipinski definition) is 0. The number of rotatable bonds is 6. The highest BCUT2D eigenvalue weighted by Gasteiger charge is 2.25. The van der Waals surface area contributed by atoms with E-state index in [2.05, 4.69) is 4.98 Å². The van der Waals surface area contributed by atoms with Crippen molar-refractivity contribution < 1.29 is 8.42 Å². The predicted octanol–water partition coefficient (Wildman–Crippen LogP) is 2.37. The fourth-order valence-corrected chi connectivity index (χ4v) is 3.82. The van der Waals surface area contributed by atoms with Crippen molar-refractivity contribution in [3.63, 3.8) is 0 Å². The Kier molecular flexibility index (Phi) is 5.03. The number of pyridine rings is 1. The average molecular weight is 328 g/mol. The van der Waals surface area contributed by atoms with E-state index in [0.29, 0.717) is 6.54 Å².